The van der Waals surface area contributed by atoms with Gasteiger partial charge < -0.3 is 14.9 Å². The lowest BCUT2D eigenvalue weighted by Crippen LogP contribution is -2.41. The number of carbonyl (C=O) groups is 3. The molecule has 0 spiro atoms. The summed E-state index contributed by atoms with van der Waals surface area (Å²) in [7, 11) is 1.52. The molecule has 0 bridgehead atoms. The number of benzene rings is 1. The number of hydrogen-bond acceptors (Lipinski definition) is 5. The van der Waals surface area contributed by atoms with Crippen LogP contribution in [0.2, 0.25) is 0 Å². The van der Waals surface area contributed by atoms with E-state index in [0.29, 0.717) is 24.3 Å². The van der Waals surface area contributed by atoms with Crippen LogP contribution in [0.15, 0.2) is 24.3 Å². The number of fused-ring (bicyclic) bond motifs is 1. The van der Waals surface area contributed by atoms with E-state index in [2.05, 4.69) is 0 Å². The molecule has 1 amide bonds. The molecule has 134 valence electrons. The fraction of sp³-hybridized carbons (Fsp3) is 0.471. The summed E-state index contributed by atoms with van der Waals surface area (Å²) >= 11 is 0. The minimum absolute atomic E-state index is 0.186. The Morgan fingerprint density at radius 1 is 1.20 bits per heavy atom. The molecule has 2 fully saturated rings. The SMILES string of the molecule is COc1ccc(N(N)C(=O)CC23C(C(=O)O)CCC2C3C(=O)O)cc1. The smallest absolute Gasteiger partial charge is 0.307 e. The maximum absolute atomic E-state index is 12.6. The Bertz CT molecular complexity index is 718. The van der Waals surface area contributed by atoms with Crippen LogP contribution >= 0.6 is 0 Å². The Kier molecular flexibility index (Phi) is 4.16. The zero-order chi connectivity index (χ0) is 18.4. The number of carbonyl (C=O) groups excluding carboxylic acids is 1. The number of anilines is 1. The highest BCUT2D eigenvalue weighted by atomic mass is 16.5. The summed E-state index contributed by atoms with van der Waals surface area (Å²) in [6.07, 6.45) is 0.715. The maximum atomic E-state index is 12.6. The molecule has 25 heavy (non-hydrogen) atoms. The molecule has 3 rings (SSSR count). The van der Waals surface area contributed by atoms with E-state index in [-0.39, 0.29) is 12.3 Å². The summed E-state index contributed by atoms with van der Waals surface area (Å²) in [5.41, 5.74) is -0.602. The number of ether oxygens (including phenoxy) is 1. The Hall–Kier alpha value is -2.61. The highest BCUT2D eigenvalue weighted by Gasteiger charge is 2.76. The van der Waals surface area contributed by atoms with Gasteiger partial charge in [0.05, 0.1) is 24.6 Å². The van der Waals surface area contributed by atoms with Gasteiger partial charge in [-0.1, -0.05) is 0 Å². The van der Waals surface area contributed by atoms with Crippen molar-refractivity contribution >= 4 is 23.5 Å². The average molecular weight is 348 g/mol. The molecule has 0 radical (unpaired) electrons. The summed E-state index contributed by atoms with van der Waals surface area (Å²) < 4.78 is 5.05. The van der Waals surface area contributed by atoms with Gasteiger partial charge in [-0.25, -0.2) is 10.9 Å². The normalized spacial score (nSPS) is 29.6. The summed E-state index contributed by atoms with van der Waals surface area (Å²) in [4.78, 5) is 35.6. The zero-order valence-corrected chi connectivity index (χ0v) is 13.7. The first-order valence-corrected chi connectivity index (χ1v) is 8.00. The number of carboxylic acids is 2. The zero-order valence-electron chi connectivity index (χ0n) is 13.7. The molecule has 0 aromatic heterocycles. The lowest BCUT2D eigenvalue weighted by molar-refractivity contribution is -0.146. The Morgan fingerprint density at radius 3 is 2.32 bits per heavy atom. The monoisotopic (exact) mass is 348 g/mol. The number of nitrogens with zero attached hydrogens (tertiary/aromatic N) is 1. The Balaban J connectivity index is 1.80. The number of rotatable bonds is 6. The van der Waals surface area contributed by atoms with E-state index in [1.165, 1.54) is 7.11 Å². The van der Waals surface area contributed by atoms with Gasteiger partial charge in [-0.15, -0.1) is 0 Å². The molecule has 4 unspecified atom stereocenters. The second kappa shape index (κ2) is 6.03. The van der Waals surface area contributed by atoms with Gasteiger partial charge in [0.1, 0.15) is 5.75 Å². The van der Waals surface area contributed by atoms with Gasteiger partial charge in [0.2, 0.25) is 5.91 Å². The van der Waals surface area contributed by atoms with Crippen LogP contribution in [0, 0.1) is 23.2 Å². The molecule has 2 aliphatic rings. The van der Waals surface area contributed by atoms with Crippen molar-refractivity contribution in [3.8, 4) is 5.75 Å². The topological polar surface area (TPSA) is 130 Å². The molecule has 0 heterocycles. The molecular formula is C17H20N2O6. The summed E-state index contributed by atoms with van der Waals surface area (Å²) in [6.45, 7) is 0. The molecule has 4 atom stereocenters. The first kappa shape index (κ1) is 17.2. The van der Waals surface area contributed by atoms with E-state index in [4.69, 9.17) is 10.6 Å². The number of amides is 1. The molecule has 0 aliphatic heterocycles. The van der Waals surface area contributed by atoms with Crippen molar-refractivity contribution in [2.45, 2.75) is 19.3 Å². The van der Waals surface area contributed by atoms with Crippen LogP contribution in [0.1, 0.15) is 19.3 Å². The molecule has 8 heteroatoms. The summed E-state index contributed by atoms with van der Waals surface area (Å²) in [5.74, 6) is 2.00. The maximum Gasteiger partial charge on any atom is 0.307 e. The molecule has 2 aliphatic carbocycles. The second-order valence-electron chi connectivity index (χ2n) is 6.64. The first-order valence-electron chi connectivity index (χ1n) is 8.00. The Morgan fingerprint density at radius 2 is 1.84 bits per heavy atom. The minimum Gasteiger partial charge on any atom is -0.497 e. The number of carboxylic acid groups (broad SMARTS) is 2. The number of nitrogens with two attached hydrogens (primary N) is 1. The highest BCUT2D eigenvalue weighted by molar-refractivity contribution is 5.95. The van der Waals surface area contributed by atoms with Crippen LogP contribution in [-0.2, 0) is 14.4 Å². The van der Waals surface area contributed by atoms with Crippen molar-refractivity contribution in [1.82, 2.24) is 0 Å². The second-order valence-corrected chi connectivity index (χ2v) is 6.64. The minimum atomic E-state index is -1.05. The van der Waals surface area contributed by atoms with E-state index in [0.717, 1.165) is 5.01 Å². The molecule has 1 aromatic rings. The van der Waals surface area contributed by atoms with Gasteiger partial charge in [-0.3, -0.25) is 14.4 Å². The number of methoxy groups -OCH3 is 1. The van der Waals surface area contributed by atoms with E-state index in [1.807, 2.05) is 0 Å². The van der Waals surface area contributed by atoms with Crippen molar-refractivity contribution < 1.29 is 29.3 Å². The Labute approximate surface area is 144 Å². The van der Waals surface area contributed by atoms with Crippen molar-refractivity contribution in [3.63, 3.8) is 0 Å². The molecule has 4 N–H and O–H groups in total. The fourth-order valence-electron chi connectivity index (χ4n) is 4.42. The van der Waals surface area contributed by atoms with E-state index >= 15 is 0 Å². The van der Waals surface area contributed by atoms with Crippen molar-refractivity contribution in [2.24, 2.45) is 29.0 Å². The first-order chi connectivity index (χ1) is 11.8. The van der Waals surface area contributed by atoms with Crippen LogP contribution in [0.3, 0.4) is 0 Å². The van der Waals surface area contributed by atoms with Crippen LogP contribution in [-0.4, -0.2) is 35.2 Å². The van der Waals surface area contributed by atoms with Crippen molar-refractivity contribution in [3.05, 3.63) is 24.3 Å². The quantitative estimate of drug-likeness (QED) is 0.399. The largest absolute Gasteiger partial charge is 0.497 e. The predicted molar refractivity (Wildman–Crippen MR) is 86.7 cm³/mol. The molecule has 2 saturated carbocycles. The summed E-state index contributed by atoms with van der Waals surface area (Å²) in [6, 6.07) is 6.51. The van der Waals surface area contributed by atoms with Gasteiger partial charge in [0, 0.05) is 11.8 Å². The number of hydrogen-bond donors (Lipinski definition) is 3. The molecule has 0 saturated heterocycles. The van der Waals surface area contributed by atoms with E-state index in [1.54, 1.807) is 24.3 Å². The predicted octanol–water partition coefficient (Wildman–Crippen LogP) is 1.10. The van der Waals surface area contributed by atoms with Gasteiger partial charge in [0.15, 0.2) is 0 Å². The van der Waals surface area contributed by atoms with Crippen LogP contribution in [0.4, 0.5) is 5.69 Å². The van der Waals surface area contributed by atoms with Crippen LogP contribution in [0.5, 0.6) is 5.75 Å². The van der Waals surface area contributed by atoms with Crippen molar-refractivity contribution in [1.29, 1.82) is 0 Å². The number of hydrazine groups is 1. The van der Waals surface area contributed by atoms with E-state index < -0.39 is 35.1 Å². The van der Waals surface area contributed by atoms with Crippen molar-refractivity contribution in [2.75, 3.05) is 12.1 Å². The van der Waals surface area contributed by atoms with Crippen LogP contribution < -0.4 is 15.6 Å². The van der Waals surface area contributed by atoms with Crippen LogP contribution in [0.25, 0.3) is 0 Å². The summed E-state index contributed by atoms with van der Waals surface area (Å²) in [5, 5.41) is 19.8. The van der Waals surface area contributed by atoms with Gasteiger partial charge in [-0.05, 0) is 43.0 Å². The highest BCUT2D eigenvalue weighted by Crippen LogP contribution is 2.73. The third-order valence-electron chi connectivity index (χ3n) is 5.62. The molecule has 1 aromatic carbocycles. The number of aliphatic carboxylic acids is 2. The fourth-order valence-corrected chi connectivity index (χ4v) is 4.42. The van der Waals surface area contributed by atoms with E-state index in [9.17, 15) is 24.6 Å². The lowest BCUT2D eigenvalue weighted by atomic mass is 9.84. The third kappa shape index (κ3) is 2.62. The standard InChI is InChI=1S/C17H20N2O6/c1-25-10-4-2-9(3-5-10)19(18)13(20)8-17-11(14(17)16(23)24)6-7-12(17)15(21)22/h2-5,11-12,14H,6-8,18H2,1H3,(H,21,22)(H,23,24). The van der Waals surface area contributed by atoms with Gasteiger partial charge in [-0.2, -0.15) is 0 Å². The average Bonchev–Trinajstić information content (AvgIpc) is 3.07. The van der Waals surface area contributed by atoms with Gasteiger partial charge in [0.25, 0.3) is 0 Å². The van der Waals surface area contributed by atoms with Gasteiger partial charge >= 0.3 is 11.9 Å². The molecule has 8 nitrogen and oxygen atoms in total. The molecular weight excluding hydrogens is 328 g/mol. The lowest BCUT2D eigenvalue weighted by Gasteiger charge is -2.24. The third-order valence-corrected chi connectivity index (χ3v) is 5.62.